The van der Waals surface area contributed by atoms with Crippen LogP contribution in [0.15, 0.2) is 103 Å². The van der Waals surface area contributed by atoms with E-state index in [4.69, 9.17) is 9.47 Å². The quantitative estimate of drug-likeness (QED) is 0.310. The maximum absolute atomic E-state index is 15.0. The number of aliphatic hydroxyl groups is 1. The normalized spacial score (nSPS) is 26.3. The number of nitrogens with zero attached hydrogens (tertiary/aromatic N) is 4. The van der Waals surface area contributed by atoms with E-state index < -0.39 is 48.1 Å². The molecule has 0 radical (unpaired) electrons. The Hall–Kier alpha value is -4.93. The van der Waals surface area contributed by atoms with Crippen molar-refractivity contribution in [2.75, 3.05) is 54.1 Å². The third kappa shape index (κ3) is 5.47. The summed E-state index contributed by atoms with van der Waals surface area (Å²) in [5.41, 5.74) is 1.66. The lowest BCUT2D eigenvalue weighted by molar-refractivity contribution is -0.144. The van der Waals surface area contributed by atoms with Crippen molar-refractivity contribution < 1.29 is 29.0 Å². The van der Waals surface area contributed by atoms with Crippen LogP contribution in [0.4, 0.5) is 17.1 Å². The number of amides is 3. The molecule has 1 unspecified atom stereocenters. The van der Waals surface area contributed by atoms with Crippen molar-refractivity contribution in [1.82, 2.24) is 4.90 Å². The molecule has 0 aliphatic carbocycles. The van der Waals surface area contributed by atoms with Crippen molar-refractivity contribution in [2.24, 2.45) is 11.8 Å². The number of hydrogen-bond donors (Lipinski definition) is 1. The number of carbonyl (C=O) groups excluding carboxylic acids is 3. The van der Waals surface area contributed by atoms with E-state index in [0.717, 1.165) is 18.8 Å². The maximum atomic E-state index is 15.0. The summed E-state index contributed by atoms with van der Waals surface area (Å²) >= 11 is 0. The fraction of sp³-hybridized carbons (Fsp3) is 0.375. The van der Waals surface area contributed by atoms with Crippen LogP contribution in [0.1, 0.15) is 32.4 Å². The molecule has 4 aliphatic rings. The van der Waals surface area contributed by atoms with E-state index in [9.17, 15) is 14.7 Å². The summed E-state index contributed by atoms with van der Waals surface area (Å²) in [6.45, 7) is 8.51. The predicted octanol–water partition coefficient (Wildman–Crippen LogP) is 4.75. The van der Waals surface area contributed by atoms with E-state index in [1.165, 1.54) is 4.90 Å². The average molecular weight is 677 g/mol. The lowest BCUT2D eigenvalue weighted by atomic mass is 9.77. The number of aliphatic hydroxyl groups excluding tert-OH is 1. The monoisotopic (exact) mass is 676 g/mol. The van der Waals surface area contributed by atoms with E-state index in [-0.39, 0.29) is 18.4 Å². The van der Waals surface area contributed by atoms with Crippen LogP contribution < -0.4 is 19.4 Å². The number of benzene rings is 3. The van der Waals surface area contributed by atoms with Crippen LogP contribution in [0.2, 0.25) is 0 Å². The standard InChI is InChI=1S/C40H44N4O6/c1-4-41(5-2)28-15-17-29(18-16-28)43-25-11-23-40-35(38(47)44(36(40)39(43)48)32(26-45)27-12-8-7-9-13-27)34-33(50-40)14-10-24-42(37(34)46)30-19-21-31(22-20-30)49-6-3/h7-23,32-36,45H,4-6,24-26H2,1-3H3/t32-,33-,34+,35+,36?,40+/m1/s1. The van der Waals surface area contributed by atoms with Crippen LogP contribution in [0.3, 0.4) is 0 Å². The lowest BCUT2D eigenvalue weighted by Crippen LogP contribution is -2.56. The summed E-state index contributed by atoms with van der Waals surface area (Å²) in [7, 11) is 0. The van der Waals surface area contributed by atoms with Gasteiger partial charge in [0.05, 0.1) is 37.2 Å². The van der Waals surface area contributed by atoms with Gasteiger partial charge in [-0.15, -0.1) is 0 Å². The number of anilines is 3. The summed E-state index contributed by atoms with van der Waals surface area (Å²) in [6.07, 6.45) is 6.72. The van der Waals surface area contributed by atoms with Crippen molar-refractivity contribution >= 4 is 34.8 Å². The lowest BCUT2D eigenvalue weighted by Gasteiger charge is -2.38. The van der Waals surface area contributed by atoms with Gasteiger partial charge in [-0.25, -0.2) is 0 Å². The van der Waals surface area contributed by atoms with Gasteiger partial charge in [-0.2, -0.15) is 0 Å². The molecule has 1 spiro atoms. The molecule has 10 nitrogen and oxygen atoms in total. The molecular formula is C40H44N4O6. The molecule has 3 aromatic carbocycles. The first-order valence-electron chi connectivity index (χ1n) is 17.6. The zero-order valence-electron chi connectivity index (χ0n) is 28.7. The smallest absolute Gasteiger partial charge is 0.253 e. The third-order valence-corrected chi connectivity index (χ3v) is 10.5. The highest BCUT2D eigenvalue weighted by molar-refractivity contribution is 6.07. The molecule has 3 aromatic rings. The summed E-state index contributed by atoms with van der Waals surface area (Å²) in [5.74, 6) is -2.17. The minimum absolute atomic E-state index is 0.255. The number of rotatable bonds is 10. The van der Waals surface area contributed by atoms with Crippen LogP contribution in [0, 0.1) is 11.8 Å². The zero-order chi connectivity index (χ0) is 35.0. The van der Waals surface area contributed by atoms with Crippen LogP contribution >= 0.6 is 0 Å². The largest absolute Gasteiger partial charge is 0.494 e. The van der Waals surface area contributed by atoms with Gasteiger partial charge in [-0.1, -0.05) is 54.6 Å². The van der Waals surface area contributed by atoms with Crippen LogP contribution in [0.5, 0.6) is 5.75 Å². The molecule has 260 valence electrons. The molecule has 6 atom stereocenters. The highest BCUT2D eigenvalue weighted by Gasteiger charge is 2.72. The molecule has 50 heavy (non-hydrogen) atoms. The van der Waals surface area contributed by atoms with Crippen LogP contribution in [-0.4, -0.2) is 84.9 Å². The minimum Gasteiger partial charge on any atom is -0.494 e. The summed E-state index contributed by atoms with van der Waals surface area (Å²) in [4.78, 5) is 51.7. The molecule has 1 N–H and O–H groups in total. The fourth-order valence-electron chi connectivity index (χ4n) is 8.23. The molecule has 0 bridgehead atoms. The Morgan fingerprint density at radius 2 is 1.48 bits per heavy atom. The van der Waals surface area contributed by atoms with Gasteiger partial charge in [-0.05, 0) is 74.9 Å². The number of hydrogen-bond acceptors (Lipinski definition) is 7. The van der Waals surface area contributed by atoms with Crippen molar-refractivity contribution in [1.29, 1.82) is 0 Å². The van der Waals surface area contributed by atoms with E-state index in [0.29, 0.717) is 35.8 Å². The second-order valence-electron chi connectivity index (χ2n) is 13.0. The van der Waals surface area contributed by atoms with Crippen LogP contribution in [0.25, 0.3) is 0 Å². The molecule has 0 aromatic heterocycles. The molecule has 2 saturated heterocycles. The number of ether oxygens (including phenoxy) is 2. The molecule has 4 aliphatic heterocycles. The highest BCUT2D eigenvalue weighted by atomic mass is 16.5. The van der Waals surface area contributed by atoms with Gasteiger partial charge >= 0.3 is 0 Å². The predicted molar refractivity (Wildman–Crippen MR) is 192 cm³/mol. The highest BCUT2D eigenvalue weighted by Crippen LogP contribution is 2.55. The minimum atomic E-state index is -1.44. The molecule has 10 heteroatoms. The van der Waals surface area contributed by atoms with E-state index in [1.807, 2.05) is 110 Å². The molecule has 0 saturated carbocycles. The van der Waals surface area contributed by atoms with Gasteiger partial charge < -0.3 is 34.2 Å². The van der Waals surface area contributed by atoms with Gasteiger partial charge in [0, 0.05) is 43.2 Å². The van der Waals surface area contributed by atoms with E-state index in [1.54, 1.807) is 9.80 Å². The van der Waals surface area contributed by atoms with E-state index in [2.05, 4.69) is 18.7 Å². The first-order chi connectivity index (χ1) is 24.4. The van der Waals surface area contributed by atoms with Crippen molar-refractivity contribution in [2.45, 2.75) is 44.6 Å². The van der Waals surface area contributed by atoms with E-state index >= 15 is 4.79 Å². The fourth-order valence-corrected chi connectivity index (χ4v) is 8.23. The molecule has 7 rings (SSSR count). The Morgan fingerprint density at radius 3 is 2.12 bits per heavy atom. The number of fused-ring (bicyclic) bond motifs is 2. The molecule has 4 heterocycles. The Bertz CT molecular complexity index is 1770. The first kappa shape index (κ1) is 33.6. The topological polar surface area (TPSA) is 103 Å². The Balaban J connectivity index is 1.31. The second kappa shape index (κ2) is 13.8. The van der Waals surface area contributed by atoms with Gasteiger partial charge in [0.25, 0.3) is 5.91 Å². The molecule has 2 fully saturated rings. The maximum Gasteiger partial charge on any atom is 0.253 e. The molecular weight excluding hydrogens is 632 g/mol. The van der Waals surface area contributed by atoms with Gasteiger partial charge in [0.2, 0.25) is 11.8 Å². The zero-order valence-corrected chi connectivity index (χ0v) is 28.7. The Labute approximate surface area is 293 Å². The van der Waals surface area contributed by atoms with Gasteiger partial charge in [-0.3, -0.25) is 14.4 Å². The van der Waals surface area contributed by atoms with Crippen LogP contribution in [-0.2, 0) is 19.1 Å². The first-order valence-corrected chi connectivity index (χ1v) is 17.6. The number of carbonyl (C=O) groups is 3. The second-order valence-corrected chi connectivity index (χ2v) is 13.0. The Kier molecular flexibility index (Phi) is 9.24. The van der Waals surface area contributed by atoms with Crippen molar-refractivity contribution in [3.05, 3.63) is 109 Å². The summed E-state index contributed by atoms with van der Waals surface area (Å²) < 4.78 is 12.5. The summed E-state index contributed by atoms with van der Waals surface area (Å²) in [6, 6.07) is 22.4. The average Bonchev–Trinajstić information content (AvgIpc) is 3.45. The van der Waals surface area contributed by atoms with Crippen molar-refractivity contribution in [3.8, 4) is 5.75 Å². The molecule has 3 amide bonds. The summed E-state index contributed by atoms with van der Waals surface area (Å²) in [5, 5.41) is 10.9. The SMILES string of the molecule is CCOc1ccc(N2CC=C[C@H]3O[C@]45C=CCN(c6ccc(N(CC)CC)cc6)C(=O)C4N([C@H](CO)c4ccccc4)C(=O)[C@@H]5[C@H]3C2=O)cc1. The van der Waals surface area contributed by atoms with Gasteiger partial charge in [0.1, 0.15) is 17.4 Å². The Morgan fingerprint density at radius 1 is 0.840 bits per heavy atom. The van der Waals surface area contributed by atoms with Crippen molar-refractivity contribution in [3.63, 3.8) is 0 Å². The van der Waals surface area contributed by atoms with Gasteiger partial charge in [0.15, 0.2) is 0 Å². The third-order valence-electron chi connectivity index (χ3n) is 10.5. The number of likely N-dealkylation sites (tertiary alicyclic amines) is 1.